The van der Waals surface area contributed by atoms with Gasteiger partial charge in [0.1, 0.15) is 11.5 Å². The van der Waals surface area contributed by atoms with Gasteiger partial charge in [0.05, 0.1) is 17.1 Å². The van der Waals surface area contributed by atoms with Crippen molar-refractivity contribution in [1.82, 2.24) is 19.7 Å². The molecule has 1 aromatic carbocycles. The number of anilines is 1. The number of nitrogens with zero attached hydrogens (tertiary/aromatic N) is 4. The Labute approximate surface area is 151 Å². The molecule has 0 saturated heterocycles. The number of rotatable bonds is 7. The summed E-state index contributed by atoms with van der Waals surface area (Å²) in [5, 5.41) is 8.61. The summed E-state index contributed by atoms with van der Waals surface area (Å²) in [7, 11) is 4.09. The van der Waals surface area contributed by atoms with Gasteiger partial charge in [-0.25, -0.2) is 9.37 Å². The largest absolute Gasteiger partial charge is 0.357 e. The third-order valence-electron chi connectivity index (χ3n) is 3.83. The molecule has 7 heteroatoms. The molecule has 0 fully saturated rings. The summed E-state index contributed by atoms with van der Waals surface area (Å²) in [5.41, 5.74) is 2.48. The highest BCUT2D eigenvalue weighted by atomic mass is 32.1. The Kier molecular flexibility index (Phi) is 5.45. The van der Waals surface area contributed by atoms with E-state index in [0.717, 1.165) is 34.5 Å². The molecule has 2 heterocycles. The molecule has 0 saturated carbocycles. The molecule has 1 N–H and O–H groups in total. The van der Waals surface area contributed by atoms with E-state index in [1.165, 1.54) is 6.07 Å². The number of halogens is 1. The standard InChI is InChI=1S/C18H22FN5S/c1-13-17(16-8-9-24(22-16)11-10-23(2)3)25-18(21-13)20-12-14-6-4-5-7-15(14)19/h4-9H,10-12H2,1-3H3,(H,20,21). The quantitative estimate of drug-likeness (QED) is 0.700. The second-order valence-electron chi connectivity index (χ2n) is 6.15. The highest BCUT2D eigenvalue weighted by molar-refractivity contribution is 7.19. The topological polar surface area (TPSA) is 46.0 Å². The molecule has 2 aromatic heterocycles. The van der Waals surface area contributed by atoms with Crippen molar-refractivity contribution in [1.29, 1.82) is 0 Å². The molecule has 25 heavy (non-hydrogen) atoms. The predicted octanol–water partition coefficient (Wildman–Crippen LogP) is 3.63. The molecule has 0 aliphatic heterocycles. The third-order valence-corrected chi connectivity index (χ3v) is 4.97. The Morgan fingerprint density at radius 2 is 2.04 bits per heavy atom. The van der Waals surface area contributed by atoms with Crippen molar-refractivity contribution in [2.24, 2.45) is 0 Å². The SMILES string of the molecule is Cc1nc(NCc2ccccc2F)sc1-c1ccn(CCN(C)C)n1. The maximum absolute atomic E-state index is 13.7. The zero-order valence-electron chi connectivity index (χ0n) is 14.7. The fourth-order valence-electron chi connectivity index (χ4n) is 2.43. The molecule has 0 bridgehead atoms. The minimum absolute atomic E-state index is 0.205. The maximum atomic E-state index is 13.7. The van der Waals surface area contributed by atoms with Gasteiger partial charge in [-0.3, -0.25) is 4.68 Å². The van der Waals surface area contributed by atoms with Crippen LogP contribution in [0.1, 0.15) is 11.3 Å². The Bertz CT molecular complexity index is 840. The molecule has 0 amide bonds. The van der Waals surface area contributed by atoms with E-state index in [9.17, 15) is 4.39 Å². The van der Waals surface area contributed by atoms with Crippen molar-refractivity contribution >= 4 is 16.5 Å². The number of likely N-dealkylation sites (N-methyl/N-ethyl adjacent to an activating group) is 1. The minimum Gasteiger partial charge on any atom is -0.357 e. The van der Waals surface area contributed by atoms with Crippen LogP contribution >= 0.6 is 11.3 Å². The van der Waals surface area contributed by atoms with Gasteiger partial charge in [-0.1, -0.05) is 29.5 Å². The van der Waals surface area contributed by atoms with Crippen LogP contribution in [0.4, 0.5) is 9.52 Å². The van der Waals surface area contributed by atoms with Crippen LogP contribution in [0.2, 0.25) is 0 Å². The number of hydrogen-bond acceptors (Lipinski definition) is 5. The maximum Gasteiger partial charge on any atom is 0.183 e. The second kappa shape index (κ2) is 7.76. The van der Waals surface area contributed by atoms with E-state index in [4.69, 9.17) is 0 Å². The molecule has 3 aromatic rings. The zero-order chi connectivity index (χ0) is 17.8. The fourth-order valence-corrected chi connectivity index (χ4v) is 3.36. The van der Waals surface area contributed by atoms with Crippen molar-refractivity contribution in [3.05, 3.63) is 53.6 Å². The first-order valence-electron chi connectivity index (χ1n) is 8.16. The molecule has 3 rings (SSSR count). The van der Waals surface area contributed by atoms with Crippen LogP contribution in [-0.2, 0) is 13.1 Å². The lowest BCUT2D eigenvalue weighted by Gasteiger charge is -2.08. The summed E-state index contributed by atoms with van der Waals surface area (Å²) in [5.74, 6) is -0.205. The number of aryl methyl sites for hydroxylation is 1. The lowest BCUT2D eigenvalue weighted by molar-refractivity contribution is 0.373. The van der Waals surface area contributed by atoms with Crippen molar-refractivity contribution in [3.8, 4) is 10.6 Å². The van der Waals surface area contributed by atoms with E-state index in [2.05, 4.69) is 20.3 Å². The molecule has 0 unspecified atom stereocenters. The average molecular weight is 359 g/mol. The molecule has 0 aliphatic rings. The second-order valence-corrected chi connectivity index (χ2v) is 7.14. The van der Waals surface area contributed by atoms with Crippen LogP contribution in [0.25, 0.3) is 10.6 Å². The smallest absolute Gasteiger partial charge is 0.183 e. The predicted molar refractivity (Wildman–Crippen MR) is 100 cm³/mol. The summed E-state index contributed by atoms with van der Waals surface area (Å²) in [6, 6.07) is 8.78. The Balaban J connectivity index is 1.69. The van der Waals surface area contributed by atoms with Gasteiger partial charge >= 0.3 is 0 Å². The van der Waals surface area contributed by atoms with Crippen molar-refractivity contribution in [2.75, 3.05) is 26.0 Å². The van der Waals surface area contributed by atoms with Crippen molar-refractivity contribution < 1.29 is 4.39 Å². The molecule has 0 radical (unpaired) electrons. The Morgan fingerprint density at radius 3 is 2.80 bits per heavy atom. The van der Waals surface area contributed by atoms with Gasteiger partial charge in [0, 0.05) is 24.8 Å². The molecule has 0 spiro atoms. The lowest BCUT2D eigenvalue weighted by atomic mass is 10.2. The monoisotopic (exact) mass is 359 g/mol. The lowest BCUT2D eigenvalue weighted by Crippen LogP contribution is -2.18. The number of benzene rings is 1. The van der Waals surface area contributed by atoms with Gasteiger partial charge < -0.3 is 10.2 Å². The van der Waals surface area contributed by atoms with Crippen LogP contribution in [-0.4, -0.2) is 40.3 Å². The van der Waals surface area contributed by atoms with Crippen LogP contribution < -0.4 is 5.32 Å². The molecular weight excluding hydrogens is 337 g/mol. The summed E-state index contributed by atoms with van der Waals surface area (Å²) in [4.78, 5) is 7.71. The normalized spacial score (nSPS) is 11.2. The van der Waals surface area contributed by atoms with Crippen LogP contribution in [0.3, 0.4) is 0 Å². The van der Waals surface area contributed by atoms with E-state index >= 15 is 0 Å². The van der Waals surface area contributed by atoms with E-state index in [1.54, 1.807) is 23.5 Å². The van der Waals surface area contributed by atoms with Gasteiger partial charge in [0.15, 0.2) is 5.13 Å². The first kappa shape index (κ1) is 17.6. The minimum atomic E-state index is -0.205. The van der Waals surface area contributed by atoms with Gasteiger partial charge in [0.25, 0.3) is 0 Å². The fraction of sp³-hybridized carbons (Fsp3) is 0.333. The van der Waals surface area contributed by atoms with Crippen molar-refractivity contribution in [2.45, 2.75) is 20.0 Å². The van der Waals surface area contributed by atoms with Crippen molar-refractivity contribution in [3.63, 3.8) is 0 Å². The zero-order valence-corrected chi connectivity index (χ0v) is 15.5. The van der Waals surface area contributed by atoms with E-state index in [0.29, 0.717) is 12.1 Å². The number of aromatic nitrogens is 3. The van der Waals surface area contributed by atoms with E-state index < -0.39 is 0 Å². The number of thiazole rings is 1. The first-order chi connectivity index (χ1) is 12.0. The molecule has 0 aliphatic carbocycles. The first-order valence-corrected chi connectivity index (χ1v) is 8.98. The van der Waals surface area contributed by atoms with Gasteiger partial charge in [-0.2, -0.15) is 5.10 Å². The highest BCUT2D eigenvalue weighted by Gasteiger charge is 2.13. The van der Waals surface area contributed by atoms with Crippen LogP contribution in [0.15, 0.2) is 36.5 Å². The Morgan fingerprint density at radius 1 is 1.24 bits per heavy atom. The number of nitrogens with one attached hydrogen (secondary N) is 1. The number of hydrogen-bond donors (Lipinski definition) is 1. The molecule has 132 valence electrons. The van der Waals surface area contributed by atoms with Crippen LogP contribution in [0, 0.1) is 12.7 Å². The van der Waals surface area contributed by atoms with Gasteiger partial charge in [-0.15, -0.1) is 0 Å². The third kappa shape index (κ3) is 4.43. The molecule has 5 nitrogen and oxygen atoms in total. The van der Waals surface area contributed by atoms with Gasteiger partial charge in [-0.05, 0) is 33.2 Å². The molecular formula is C18H22FN5S. The molecule has 0 atom stereocenters. The summed E-state index contributed by atoms with van der Waals surface area (Å²) < 4.78 is 15.6. The van der Waals surface area contributed by atoms with E-state index in [-0.39, 0.29) is 5.82 Å². The van der Waals surface area contributed by atoms with E-state index in [1.807, 2.05) is 44.0 Å². The summed E-state index contributed by atoms with van der Waals surface area (Å²) >= 11 is 1.54. The summed E-state index contributed by atoms with van der Waals surface area (Å²) in [6.07, 6.45) is 1.99. The van der Waals surface area contributed by atoms with Gasteiger partial charge in [0.2, 0.25) is 0 Å². The summed E-state index contributed by atoms with van der Waals surface area (Å²) in [6.45, 7) is 4.18. The highest BCUT2D eigenvalue weighted by Crippen LogP contribution is 2.31. The Hall–Kier alpha value is -2.25. The average Bonchev–Trinajstić information content (AvgIpc) is 3.18. The van der Waals surface area contributed by atoms with Crippen LogP contribution in [0.5, 0.6) is 0 Å².